The Morgan fingerprint density at radius 3 is 2.64 bits per heavy atom. The number of carboxylic acid groups (broad SMARTS) is 1. The molecule has 0 spiro atoms. The Labute approximate surface area is 141 Å². The van der Waals surface area contributed by atoms with Crippen LogP contribution in [0.4, 0.5) is 0 Å². The maximum absolute atomic E-state index is 12.2. The summed E-state index contributed by atoms with van der Waals surface area (Å²) in [6, 6.07) is 0.746. The molecule has 0 bridgehead atoms. The van der Waals surface area contributed by atoms with E-state index in [1.54, 1.807) is 18.4 Å². The summed E-state index contributed by atoms with van der Waals surface area (Å²) in [4.78, 5) is 35.4. The lowest BCUT2D eigenvalue weighted by Gasteiger charge is -2.19. The van der Waals surface area contributed by atoms with Crippen molar-refractivity contribution in [3.05, 3.63) is 20.8 Å². The molecule has 0 aromatic carbocycles. The molecule has 1 amide bonds. The van der Waals surface area contributed by atoms with Gasteiger partial charge in [0.25, 0.3) is 5.91 Å². The maximum atomic E-state index is 12.2. The molecule has 0 aliphatic heterocycles. The number of ether oxygens (including phenoxy) is 1. The van der Waals surface area contributed by atoms with E-state index in [1.807, 2.05) is 6.92 Å². The largest absolute Gasteiger partial charge is 0.481 e. The highest BCUT2D eigenvalue weighted by atomic mass is 79.9. The zero-order valence-electron chi connectivity index (χ0n) is 12.3. The molecule has 2 unspecified atom stereocenters. The van der Waals surface area contributed by atoms with E-state index in [0.717, 1.165) is 0 Å². The van der Waals surface area contributed by atoms with Crippen LogP contribution < -0.4 is 5.32 Å². The predicted octanol–water partition coefficient (Wildman–Crippen LogP) is 2.82. The van der Waals surface area contributed by atoms with Crippen LogP contribution in [0.25, 0.3) is 0 Å². The third kappa shape index (κ3) is 5.76. The normalized spacial score (nSPS) is 13.2. The fourth-order valence-electron chi connectivity index (χ4n) is 1.56. The lowest BCUT2D eigenvalue weighted by atomic mass is 10.1. The number of nitrogens with one attached hydrogen (secondary N) is 1. The van der Waals surface area contributed by atoms with Crippen LogP contribution in [0, 0.1) is 0 Å². The lowest BCUT2D eigenvalue weighted by molar-refractivity contribution is -0.151. The third-order valence-corrected chi connectivity index (χ3v) is 4.79. The number of halogens is 1. The molecule has 6 nitrogen and oxygen atoms in total. The highest BCUT2D eigenvalue weighted by molar-refractivity contribution is 9.10. The van der Waals surface area contributed by atoms with Crippen molar-refractivity contribution in [3.8, 4) is 0 Å². The number of hydrogen-bond donors (Lipinski definition) is 2. The molecule has 1 aromatic heterocycles. The monoisotopic (exact) mass is 391 g/mol. The highest BCUT2D eigenvalue weighted by Crippen LogP contribution is 2.22. The van der Waals surface area contributed by atoms with E-state index in [-0.39, 0.29) is 18.9 Å². The maximum Gasteiger partial charge on any atom is 0.328 e. The van der Waals surface area contributed by atoms with Gasteiger partial charge in [-0.3, -0.25) is 9.59 Å². The average molecular weight is 392 g/mol. The van der Waals surface area contributed by atoms with Crippen LogP contribution in [0.3, 0.4) is 0 Å². The molecule has 0 aliphatic carbocycles. The molecule has 0 fully saturated rings. The van der Waals surface area contributed by atoms with Gasteiger partial charge in [0.2, 0.25) is 0 Å². The number of rotatable bonds is 8. The van der Waals surface area contributed by atoms with E-state index >= 15 is 0 Å². The molecule has 1 rings (SSSR count). The van der Waals surface area contributed by atoms with Gasteiger partial charge in [-0.1, -0.05) is 6.92 Å². The molecule has 1 heterocycles. The van der Waals surface area contributed by atoms with Gasteiger partial charge < -0.3 is 15.2 Å². The molecule has 1 aromatic rings. The van der Waals surface area contributed by atoms with Crippen molar-refractivity contribution in [2.24, 2.45) is 0 Å². The first-order valence-electron chi connectivity index (χ1n) is 6.81. The summed E-state index contributed by atoms with van der Waals surface area (Å²) < 4.78 is 5.81. The second-order valence-corrected chi connectivity index (χ2v) is 6.48. The highest BCUT2D eigenvalue weighted by Gasteiger charge is 2.26. The van der Waals surface area contributed by atoms with Crippen molar-refractivity contribution in [3.63, 3.8) is 0 Å². The summed E-state index contributed by atoms with van der Waals surface area (Å²) in [6.45, 7) is 3.61. The smallest absolute Gasteiger partial charge is 0.328 e. The molecule has 8 heteroatoms. The van der Waals surface area contributed by atoms with Gasteiger partial charge in [0, 0.05) is 10.9 Å². The van der Waals surface area contributed by atoms with Gasteiger partial charge in [-0.15, -0.1) is 11.3 Å². The second kappa shape index (κ2) is 8.89. The molecule has 0 saturated heterocycles. The number of hydrogen-bond acceptors (Lipinski definition) is 5. The van der Waals surface area contributed by atoms with Crippen molar-refractivity contribution in [1.29, 1.82) is 0 Å². The first-order chi connectivity index (χ1) is 10.3. The van der Waals surface area contributed by atoms with Crippen LogP contribution in [-0.4, -0.2) is 35.1 Å². The van der Waals surface area contributed by atoms with Crippen molar-refractivity contribution < 1.29 is 24.2 Å². The Hall–Kier alpha value is -1.41. The van der Waals surface area contributed by atoms with Gasteiger partial charge in [0.05, 0.1) is 6.10 Å². The fourth-order valence-corrected chi connectivity index (χ4v) is 3.01. The Kier molecular flexibility index (Phi) is 7.53. The predicted molar refractivity (Wildman–Crippen MR) is 86.0 cm³/mol. The number of carboxylic acids is 1. The Morgan fingerprint density at radius 2 is 2.14 bits per heavy atom. The quantitative estimate of drug-likeness (QED) is 0.664. The Morgan fingerprint density at radius 1 is 1.45 bits per heavy atom. The van der Waals surface area contributed by atoms with Crippen LogP contribution in [-0.2, 0) is 14.3 Å². The third-order valence-electron chi connectivity index (χ3n) is 2.95. The van der Waals surface area contributed by atoms with Gasteiger partial charge in [0.1, 0.15) is 10.9 Å². The van der Waals surface area contributed by atoms with Crippen LogP contribution in [0.2, 0.25) is 0 Å². The van der Waals surface area contributed by atoms with Crippen LogP contribution in [0.5, 0.6) is 0 Å². The first kappa shape index (κ1) is 18.6. The van der Waals surface area contributed by atoms with E-state index in [2.05, 4.69) is 21.2 Å². The van der Waals surface area contributed by atoms with Crippen molar-refractivity contribution in [2.75, 3.05) is 0 Å². The summed E-state index contributed by atoms with van der Waals surface area (Å²) in [5.74, 6) is -2.08. The summed E-state index contributed by atoms with van der Waals surface area (Å²) in [7, 11) is 0. The van der Waals surface area contributed by atoms with Gasteiger partial charge >= 0.3 is 11.9 Å². The van der Waals surface area contributed by atoms with E-state index in [0.29, 0.717) is 15.8 Å². The topological polar surface area (TPSA) is 92.7 Å². The minimum atomic E-state index is -1.03. The Balaban J connectivity index is 2.76. The second-order valence-electron chi connectivity index (χ2n) is 4.71. The Bertz CT molecular complexity index is 545. The summed E-state index contributed by atoms with van der Waals surface area (Å²) >= 11 is 4.47. The van der Waals surface area contributed by atoms with Crippen molar-refractivity contribution >= 4 is 45.1 Å². The minimum absolute atomic E-state index is 0.0145. The van der Waals surface area contributed by atoms with Crippen molar-refractivity contribution in [1.82, 2.24) is 5.32 Å². The molecule has 0 aliphatic rings. The lowest BCUT2D eigenvalue weighted by Crippen LogP contribution is -2.43. The average Bonchev–Trinajstić information content (AvgIpc) is 2.88. The molecular formula is C14H18BrNO5S. The molecular weight excluding hydrogens is 374 g/mol. The molecule has 0 saturated carbocycles. The molecule has 122 valence electrons. The van der Waals surface area contributed by atoms with Crippen LogP contribution in [0.15, 0.2) is 15.9 Å². The molecule has 22 heavy (non-hydrogen) atoms. The number of thiophene rings is 1. The van der Waals surface area contributed by atoms with E-state index in [9.17, 15) is 14.4 Å². The van der Waals surface area contributed by atoms with Gasteiger partial charge in [-0.05, 0) is 47.1 Å². The summed E-state index contributed by atoms with van der Waals surface area (Å²) in [5, 5.41) is 13.1. The van der Waals surface area contributed by atoms with E-state index in [1.165, 1.54) is 11.3 Å². The number of carbonyl (C=O) groups excluding carboxylic acids is 2. The molecule has 2 N–H and O–H groups in total. The fraction of sp³-hybridized carbons (Fsp3) is 0.500. The van der Waals surface area contributed by atoms with E-state index in [4.69, 9.17) is 9.84 Å². The van der Waals surface area contributed by atoms with Crippen LogP contribution >= 0.6 is 27.3 Å². The minimum Gasteiger partial charge on any atom is -0.481 e. The van der Waals surface area contributed by atoms with Gasteiger partial charge in [0.15, 0.2) is 0 Å². The van der Waals surface area contributed by atoms with Crippen LogP contribution in [0.1, 0.15) is 42.8 Å². The number of esters is 1. The number of aliphatic carboxylic acids is 1. The number of carbonyl (C=O) groups is 3. The number of amides is 1. The SMILES string of the molecule is CCC(C)OC(=O)C(CCC(=O)O)NC(=O)c1sccc1Br. The van der Waals surface area contributed by atoms with Gasteiger partial charge in [-0.25, -0.2) is 4.79 Å². The summed E-state index contributed by atoms with van der Waals surface area (Å²) in [5.41, 5.74) is 0. The standard InChI is InChI=1S/C14H18BrNO5S/c1-3-8(2)21-14(20)10(4-5-11(17)18)16-13(19)12-9(15)6-7-22-12/h6-8,10H,3-5H2,1-2H3,(H,16,19)(H,17,18). The first-order valence-corrected chi connectivity index (χ1v) is 8.48. The van der Waals surface area contributed by atoms with E-state index < -0.39 is 23.9 Å². The molecule has 0 radical (unpaired) electrons. The van der Waals surface area contributed by atoms with Crippen molar-refractivity contribution in [2.45, 2.75) is 45.3 Å². The molecule has 2 atom stereocenters. The zero-order valence-corrected chi connectivity index (χ0v) is 14.7. The van der Waals surface area contributed by atoms with Gasteiger partial charge in [-0.2, -0.15) is 0 Å². The zero-order chi connectivity index (χ0) is 16.7. The summed E-state index contributed by atoms with van der Waals surface area (Å²) in [6.07, 6.45) is 0.109.